The van der Waals surface area contributed by atoms with Gasteiger partial charge in [0.2, 0.25) is 5.91 Å². The monoisotopic (exact) mass is 230 g/mol. The lowest BCUT2D eigenvalue weighted by Crippen LogP contribution is -2.29. The van der Waals surface area contributed by atoms with Crippen LogP contribution in [0.5, 0.6) is 0 Å². The fraction of sp³-hybridized carbons (Fsp3) is 0.167. The first kappa shape index (κ1) is 11.2. The second kappa shape index (κ2) is 4.69. The molecule has 2 N–H and O–H groups in total. The molecule has 0 fully saturated rings. The van der Waals surface area contributed by atoms with Crippen LogP contribution in [0.4, 0.5) is 11.4 Å². The number of hydrogen-bond acceptors (Lipinski definition) is 3. The van der Waals surface area contributed by atoms with Gasteiger partial charge in [0.25, 0.3) is 0 Å². The minimum absolute atomic E-state index is 0.00669. The van der Waals surface area contributed by atoms with E-state index in [9.17, 15) is 4.79 Å². The summed E-state index contributed by atoms with van der Waals surface area (Å²) < 4.78 is 1.73. The quantitative estimate of drug-likeness (QED) is 0.804. The normalized spacial score (nSPS) is 10.2. The van der Waals surface area contributed by atoms with Crippen LogP contribution in [0.15, 0.2) is 43.0 Å². The highest BCUT2D eigenvalue weighted by Gasteiger charge is 2.10. The molecular weight excluding hydrogens is 216 g/mol. The molecule has 0 spiro atoms. The molecule has 0 bridgehead atoms. The molecule has 0 aliphatic heterocycles. The highest BCUT2D eigenvalue weighted by molar-refractivity contribution is 5.92. The van der Waals surface area contributed by atoms with Crippen molar-refractivity contribution >= 4 is 17.3 Å². The number of nitrogen functional groups attached to an aromatic ring is 1. The molecule has 0 aliphatic carbocycles. The van der Waals surface area contributed by atoms with E-state index in [4.69, 9.17) is 5.73 Å². The number of amides is 1. The third-order valence-corrected chi connectivity index (χ3v) is 2.53. The molecule has 0 radical (unpaired) electrons. The Kier molecular flexibility index (Phi) is 3.09. The van der Waals surface area contributed by atoms with Crippen molar-refractivity contribution in [2.75, 3.05) is 17.7 Å². The standard InChI is InChI=1S/C12H14N4O/c1-15(11-4-2-10(13)3-5-11)12(17)8-16-7-6-14-9-16/h2-7,9H,8,13H2,1H3. The van der Waals surface area contributed by atoms with Crippen LogP contribution in [-0.4, -0.2) is 22.5 Å². The number of anilines is 2. The van der Waals surface area contributed by atoms with Gasteiger partial charge >= 0.3 is 0 Å². The van der Waals surface area contributed by atoms with Gasteiger partial charge in [-0.3, -0.25) is 4.79 Å². The van der Waals surface area contributed by atoms with Crippen molar-refractivity contribution in [2.45, 2.75) is 6.54 Å². The maximum atomic E-state index is 11.9. The first-order valence-corrected chi connectivity index (χ1v) is 5.24. The van der Waals surface area contributed by atoms with E-state index in [1.807, 2.05) is 12.1 Å². The maximum absolute atomic E-state index is 11.9. The van der Waals surface area contributed by atoms with Gasteiger partial charge in [-0.25, -0.2) is 4.98 Å². The van der Waals surface area contributed by atoms with Gasteiger partial charge in [-0.2, -0.15) is 0 Å². The van der Waals surface area contributed by atoms with Crippen molar-refractivity contribution in [1.82, 2.24) is 9.55 Å². The van der Waals surface area contributed by atoms with Crippen LogP contribution in [0.1, 0.15) is 0 Å². The summed E-state index contributed by atoms with van der Waals surface area (Å²) in [5.74, 6) is -0.00669. The van der Waals surface area contributed by atoms with E-state index in [0.717, 1.165) is 5.69 Å². The predicted molar refractivity (Wildman–Crippen MR) is 66.5 cm³/mol. The molecule has 0 aliphatic rings. The minimum atomic E-state index is -0.00669. The molecule has 0 atom stereocenters. The van der Waals surface area contributed by atoms with E-state index in [0.29, 0.717) is 5.69 Å². The van der Waals surface area contributed by atoms with E-state index in [-0.39, 0.29) is 12.5 Å². The Balaban J connectivity index is 2.07. The summed E-state index contributed by atoms with van der Waals surface area (Å²) in [5.41, 5.74) is 7.10. The van der Waals surface area contributed by atoms with Gasteiger partial charge in [-0.15, -0.1) is 0 Å². The Bertz CT molecular complexity index is 490. The first-order chi connectivity index (χ1) is 8.16. The highest BCUT2D eigenvalue weighted by atomic mass is 16.2. The van der Waals surface area contributed by atoms with Gasteiger partial charge in [0.15, 0.2) is 0 Å². The number of likely N-dealkylation sites (N-methyl/N-ethyl adjacent to an activating group) is 1. The molecule has 1 aromatic heterocycles. The van der Waals surface area contributed by atoms with Gasteiger partial charge in [0.1, 0.15) is 6.54 Å². The molecule has 88 valence electrons. The molecule has 2 aromatic rings. The van der Waals surface area contributed by atoms with Crippen molar-refractivity contribution in [3.05, 3.63) is 43.0 Å². The number of aromatic nitrogens is 2. The molecule has 5 nitrogen and oxygen atoms in total. The Hall–Kier alpha value is -2.30. The van der Waals surface area contributed by atoms with Gasteiger partial charge in [-0.1, -0.05) is 0 Å². The smallest absolute Gasteiger partial charge is 0.246 e. The Morgan fingerprint density at radius 1 is 1.41 bits per heavy atom. The Labute approximate surface area is 99.5 Å². The third kappa shape index (κ3) is 2.63. The SMILES string of the molecule is CN(C(=O)Cn1ccnc1)c1ccc(N)cc1. The lowest BCUT2D eigenvalue weighted by atomic mass is 10.2. The van der Waals surface area contributed by atoms with E-state index >= 15 is 0 Å². The molecule has 2 rings (SSSR count). The number of imidazole rings is 1. The van der Waals surface area contributed by atoms with Crippen LogP contribution in [0.2, 0.25) is 0 Å². The van der Waals surface area contributed by atoms with E-state index in [1.54, 1.807) is 47.4 Å². The number of nitrogens with zero attached hydrogens (tertiary/aromatic N) is 3. The molecule has 0 saturated heterocycles. The molecule has 1 heterocycles. The fourth-order valence-electron chi connectivity index (χ4n) is 1.48. The first-order valence-electron chi connectivity index (χ1n) is 5.24. The summed E-state index contributed by atoms with van der Waals surface area (Å²) >= 11 is 0. The molecule has 0 saturated carbocycles. The van der Waals surface area contributed by atoms with Crippen molar-refractivity contribution < 1.29 is 4.79 Å². The van der Waals surface area contributed by atoms with Gasteiger partial charge < -0.3 is 15.2 Å². The van der Waals surface area contributed by atoms with Crippen molar-refractivity contribution in [1.29, 1.82) is 0 Å². The number of hydrogen-bond donors (Lipinski definition) is 1. The summed E-state index contributed by atoms with van der Waals surface area (Å²) in [6, 6.07) is 7.19. The molecular formula is C12H14N4O. The van der Waals surface area contributed by atoms with E-state index in [1.165, 1.54) is 0 Å². The van der Waals surface area contributed by atoms with Crippen LogP contribution in [0, 0.1) is 0 Å². The zero-order valence-corrected chi connectivity index (χ0v) is 9.58. The number of benzene rings is 1. The summed E-state index contributed by atoms with van der Waals surface area (Å²) in [5, 5.41) is 0. The molecule has 1 amide bonds. The van der Waals surface area contributed by atoms with Crippen LogP contribution in [-0.2, 0) is 11.3 Å². The Morgan fingerprint density at radius 2 is 2.12 bits per heavy atom. The summed E-state index contributed by atoms with van der Waals surface area (Å²) in [7, 11) is 1.74. The lowest BCUT2D eigenvalue weighted by molar-refractivity contribution is -0.118. The zero-order chi connectivity index (χ0) is 12.3. The van der Waals surface area contributed by atoms with Gasteiger partial charge in [0.05, 0.1) is 6.33 Å². The van der Waals surface area contributed by atoms with Crippen molar-refractivity contribution in [2.24, 2.45) is 0 Å². The fourth-order valence-corrected chi connectivity index (χ4v) is 1.48. The van der Waals surface area contributed by atoms with Crippen molar-refractivity contribution in [3.8, 4) is 0 Å². The Morgan fingerprint density at radius 3 is 2.71 bits per heavy atom. The van der Waals surface area contributed by atoms with Crippen molar-refractivity contribution in [3.63, 3.8) is 0 Å². The highest BCUT2D eigenvalue weighted by Crippen LogP contribution is 2.15. The maximum Gasteiger partial charge on any atom is 0.246 e. The number of nitrogens with two attached hydrogens (primary N) is 1. The average molecular weight is 230 g/mol. The number of carbonyl (C=O) groups is 1. The molecule has 0 unspecified atom stereocenters. The molecule has 17 heavy (non-hydrogen) atoms. The largest absolute Gasteiger partial charge is 0.399 e. The topological polar surface area (TPSA) is 64.2 Å². The number of carbonyl (C=O) groups excluding carboxylic acids is 1. The summed E-state index contributed by atoms with van der Waals surface area (Å²) in [6.07, 6.45) is 5.03. The zero-order valence-electron chi connectivity index (χ0n) is 9.58. The minimum Gasteiger partial charge on any atom is -0.399 e. The van der Waals surface area contributed by atoms with Crippen LogP contribution in [0.25, 0.3) is 0 Å². The summed E-state index contributed by atoms with van der Waals surface area (Å²) in [6.45, 7) is 0.279. The van der Waals surface area contributed by atoms with Gasteiger partial charge in [0, 0.05) is 30.8 Å². The third-order valence-electron chi connectivity index (χ3n) is 2.53. The van der Waals surface area contributed by atoms with Crippen LogP contribution >= 0.6 is 0 Å². The van der Waals surface area contributed by atoms with E-state index in [2.05, 4.69) is 4.98 Å². The second-order valence-electron chi connectivity index (χ2n) is 3.78. The lowest BCUT2D eigenvalue weighted by Gasteiger charge is -2.17. The van der Waals surface area contributed by atoms with Crippen LogP contribution in [0.3, 0.4) is 0 Å². The second-order valence-corrected chi connectivity index (χ2v) is 3.78. The molecule has 5 heteroatoms. The van der Waals surface area contributed by atoms with Gasteiger partial charge in [-0.05, 0) is 24.3 Å². The number of rotatable bonds is 3. The predicted octanol–water partition coefficient (Wildman–Crippen LogP) is 1.13. The van der Waals surface area contributed by atoms with Crippen LogP contribution < -0.4 is 10.6 Å². The average Bonchev–Trinajstić information content (AvgIpc) is 2.82. The van der Waals surface area contributed by atoms with E-state index < -0.39 is 0 Å². The summed E-state index contributed by atoms with van der Waals surface area (Å²) in [4.78, 5) is 17.4. The molecule has 1 aromatic carbocycles.